The highest BCUT2D eigenvalue weighted by Crippen LogP contribution is 2.27. The normalized spacial score (nSPS) is 17.3. The molecule has 2 N–H and O–H groups in total. The average Bonchev–Trinajstić information content (AvgIpc) is 3.17. The molecule has 1 saturated heterocycles. The molecule has 0 aromatic carbocycles. The molecule has 3 rings (SSSR count). The highest BCUT2D eigenvalue weighted by molar-refractivity contribution is 5.86. The second-order valence-electron chi connectivity index (χ2n) is 7.66. The van der Waals surface area contributed by atoms with Crippen LogP contribution in [0, 0.1) is 0 Å². The van der Waals surface area contributed by atoms with Gasteiger partial charge in [-0.3, -0.25) is 4.79 Å². The SMILES string of the molecule is CC(C)(C)OC(=O)NC1CCN(c2ccnc3c2ncn3CCC(=O)O)C1. The van der Waals surface area contributed by atoms with E-state index in [9.17, 15) is 9.59 Å². The van der Waals surface area contributed by atoms with Crippen molar-refractivity contribution >= 4 is 28.9 Å². The van der Waals surface area contributed by atoms with Crippen molar-refractivity contribution in [3.8, 4) is 0 Å². The van der Waals surface area contributed by atoms with Crippen LogP contribution in [0.4, 0.5) is 10.5 Å². The number of carboxylic acids is 1. The molecule has 1 unspecified atom stereocenters. The molecule has 1 aliphatic heterocycles. The summed E-state index contributed by atoms with van der Waals surface area (Å²) >= 11 is 0. The Morgan fingerprint density at radius 3 is 2.85 bits per heavy atom. The molecule has 9 heteroatoms. The minimum Gasteiger partial charge on any atom is -0.481 e. The van der Waals surface area contributed by atoms with E-state index in [0.29, 0.717) is 18.7 Å². The molecule has 1 fully saturated rings. The number of carbonyl (C=O) groups is 2. The number of ether oxygens (including phenoxy) is 1. The molecule has 0 aliphatic carbocycles. The number of hydrogen-bond donors (Lipinski definition) is 2. The van der Waals surface area contributed by atoms with Gasteiger partial charge in [-0.05, 0) is 33.3 Å². The number of aliphatic carboxylic acids is 1. The van der Waals surface area contributed by atoms with E-state index in [1.54, 1.807) is 17.1 Å². The Balaban J connectivity index is 1.69. The number of alkyl carbamates (subject to hydrolysis) is 1. The Kier molecular flexibility index (Phi) is 5.20. The number of aryl methyl sites for hydroxylation is 1. The van der Waals surface area contributed by atoms with E-state index >= 15 is 0 Å². The molecule has 2 aromatic rings. The van der Waals surface area contributed by atoms with E-state index in [-0.39, 0.29) is 12.5 Å². The number of pyridine rings is 1. The predicted molar refractivity (Wildman–Crippen MR) is 99.8 cm³/mol. The van der Waals surface area contributed by atoms with Gasteiger partial charge in [0.1, 0.15) is 11.1 Å². The zero-order chi connectivity index (χ0) is 19.6. The van der Waals surface area contributed by atoms with Gasteiger partial charge in [-0.1, -0.05) is 0 Å². The van der Waals surface area contributed by atoms with Gasteiger partial charge in [0.15, 0.2) is 5.65 Å². The van der Waals surface area contributed by atoms with Crippen LogP contribution in [0.15, 0.2) is 18.6 Å². The largest absolute Gasteiger partial charge is 0.481 e. The van der Waals surface area contributed by atoms with Crippen LogP contribution in [-0.2, 0) is 16.1 Å². The van der Waals surface area contributed by atoms with Gasteiger partial charge in [-0.25, -0.2) is 14.8 Å². The third-order valence-corrected chi connectivity index (χ3v) is 4.30. The maximum Gasteiger partial charge on any atom is 0.407 e. The summed E-state index contributed by atoms with van der Waals surface area (Å²) in [4.78, 5) is 33.7. The number of imidazole rings is 1. The van der Waals surface area contributed by atoms with Crippen LogP contribution >= 0.6 is 0 Å². The second kappa shape index (κ2) is 7.42. The van der Waals surface area contributed by atoms with E-state index in [1.807, 2.05) is 26.8 Å². The van der Waals surface area contributed by atoms with Crippen LogP contribution in [0.1, 0.15) is 33.6 Å². The molecule has 0 bridgehead atoms. The number of carbonyl (C=O) groups excluding carboxylic acids is 1. The van der Waals surface area contributed by atoms with E-state index in [0.717, 1.165) is 24.2 Å². The minimum absolute atomic E-state index is 0.00263. The molecule has 146 valence electrons. The summed E-state index contributed by atoms with van der Waals surface area (Å²) in [6.07, 6.45) is 3.74. The summed E-state index contributed by atoms with van der Waals surface area (Å²) in [5.41, 5.74) is 1.81. The zero-order valence-electron chi connectivity index (χ0n) is 15.8. The maximum absolute atomic E-state index is 12.0. The number of anilines is 1. The highest BCUT2D eigenvalue weighted by atomic mass is 16.6. The summed E-state index contributed by atoms with van der Waals surface area (Å²) in [5, 5.41) is 11.8. The van der Waals surface area contributed by atoms with Crippen LogP contribution in [0.3, 0.4) is 0 Å². The maximum atomic E-state index is 12.0. The minimum atomic E-state index is -0.858. The molecule has 3 heterocycles. The van der Waals surface area contributed by atoms with Crippen LogP contribution in [0.5, 0.6) is 0 Å². The Bertz CT molecular complexity index is 842. The fraction of sp³-hybridized carbons (Fsp3) is 0.556. The topological polar surface area (TPSA) is 110 Å². The Morgan fingerprint density at radius 1 is 1.37 bits per heavy atom. The fourth-order valence-electron chi connectivity index (χ4n) is 3.16. The Labute approximate surface area is 157 Å². The third-order valence-electron chi connectivity index (χ3n) is 4.30. The van der Waals surface area contributed by atoms with Crippen LogP contribution in [0.2, 0.25) is 0 Å². The van der Waals surface area contributed by atoms with E-state index in [1.165, 1.54) is 0 Å². The lowest BCUT2D eigenvalue weighted by atomic mass is 10.2. The third kappa shape index (κ3) is 4.66. The number of hydrogen-bond acceptors (Lipinski definition) is 6. The molecular formula is C18H25N5O4. The van der Waals surface area contributed by atoms with Crippen LogP contribution in [0.25, 0.3) is 11.2 Å². The number of nitrogens with zero attached hydrogens (tertiary/aromatic N) is 4. The van der Waals surface area contributed by atoms with E-state index in [4.69, 9.17) is 9.84 Å². The average molecular weight is 375 g/mol. The lowest BCUT2D eigenvalue weighted by molar-refractivity contribution is -0.137. The fourth-order valence-corrected chi connectivity index (χ4v) is 3.16. The zero-order valence-corrected chi connectivity index (χ0v) is 15.8. The van der Waals surface area contributed by atoms with Crippen LogP contribution in [-0.4, -0.2) is 56.4 Å². The summed E-state index contributed by atoms with van der Waals surface area (Å²) in [6, 6.07) is 1.89. The summed E-state index contributed by atoms with van der Waals surface area (Å²) < 4.78 is 7.07. The molecule has 27 heavy (non-hydrogen) atoms. The van der Waals surface area contributed by atoms with Crippen molar-refractivity contribution in [2.75, 3.05) is 18.0 Å². The van der Waals surface area contributed by atoms with Gasteiger partial charge >= 0.3 is 12.1 Å². The first kappa shape index (κ1) is 18.9. The van der Waals surface area contributed by atoms with Crippen molar-refractivity contribution in [3.63, 3.8) is 0 Å². The number of fused-ring (bicyclic) bond motifs is 1. The molecule has 0 radical (unpaired) electrons. The number of amides is 1. The molecule has 1 atom stereocenters. The highest BCUT2D eigenvalue weighted by Gasteiger charge is 2.27. The Morgan fingerprint density at radius 2 is 2.15 bits per heavy atom. The molecule has 2 aromatic heterocycles. The lowest BCUT2D eigenvalue weighted by Gasteiger charge is -2.22. The first-order valence-electron chi connectivity index (χ1n) is 8.99. The molecule has 0 spiro atoms. The van der Waals surface area contributed by atoms with Crippen molar-refractivity contribution < 1.29 is 19.4 Å². The first-order valence-corrected chi connectivity index (χ1v) is 8.99. The summed E-state index contributed by atoms with van der Waals surface area (Å²) in [5.74, 6) is -0.858. The monoisotopic (exact) mass is 375 g/mol. The number of carboxylic acid groups (broad SMARTS) is 1. The predicted octanol–water partition coefficient (Wildman–Crippen LogP) is 2.01. The van der Waals surface area contributed by atoms with Crippen molar-refractivity contribution in [1.29, 1.82) is 0 Å². The van der Waals surface area contributed by atoms with Gasteiger partial charge in [0, 0.05) is 25.8 Å². The molecular weight excluding hydrogens is 350 g/mol. The second-order valence-corrected chi connectivity index (χ2v) is 7.66. The van der Waals surface area contributed by atoms with Gasteiger partial charge in [0.25, 0.3) is 0 Å². The van der Waals surface area contributed by atoms with Crippen molar-refractivity contribution in [2.45, 2.75) is 51.8 Å². The standard InChI is InChI=1S/C18H25N5O4/c1-18(2,3)27-17(26)21-12-5-8-22(10-12)13-4-7-19-16-15(13)20-11-23(16)9-6-14(24)25/h4,7,11-12H,5-6,8-10H2,1-3H3,(H,21,26)(H,24,25). The van der Waals surface area contributed by atoms with Crippen molar-refractivity contribution in [3.05, 3.63) is 18.6 Å². The smallest absolute Gasteiger partial charge is 0.407 e. The van der Waals surface area contributed by atoms with Crippen LogP contribution < -0.4 is 10.2 Å². The van der Waals surface area contributed by atoms with Gasteiger partial charge in [0.2, 0.25) is 0 Å². The van der Waals surface area contributed by atoms with Crippen molar-refractivity contribution in [2.24, 2.45) is 0 Å². The van der Waals surface area contributed by atoms with E-state index < -0.39 is 17.7 Å². The lowest BCUT2D eigenvalue weighted by Crippen LogP contribution is -2.40. The molecule has 1 amide bonds. The van der Waals surface area contributed by atoms with Gasteiger partial charge in [0.05, 0.1) is 24.5 Å². The number of aromatic nitrogens is 3. The first-order chi connectivity index (χ1) is 12.7. The van der Waals surface area contributed by atoms with Gasteiger partial charge in [-0.15, -0.1) is 0 Å². The summed E-state index contributed by atoms with van der Waals surface area (Å²) in [6.45, 7) is 7.26. The van der Waals surface area contributed by atoms with Crippen molar-refractivity contribution in [1.82, 2.24) is 19.9 Å². The molecule has 1 aliphatic rings. The summed E-state index contributed by atoms with van der Waals surface area (Å²) in [7, 11) is 0. The van der Waals surface area contributed by atoms with Gasteiger partial charge < -0.3 is 24.6 Å². The molecule has 9 nitrogen and oxygen atoms in total. The van der Waals surface area contributed by atoms with Gasteiger partial charge in [-0.2, -0.15) is 0 Å². The van der Waals surface area contributed by atoms with E-state index in [2.05, 4.69) is 20.2 Å². The molecule has 0 saturated carbocycles. The quantitative estimate of drug-likeness (QED) is 0.822. The Hall–Kier alpha value is -2.84. The number of nitrogens with one attached hydrogen (secondary N) is 1. The number of rotatable bonds is 5.